The summed E-state index contributed by atoms with van der Waals surface area (Å²) in [4.78, 5) is 25.7. The van der Waals surface area contributed by atoms with Crippen molar-refractivity contribution in [2.24, 2.45) is 0 Å². The van der Waals surface area contributed by atoms with Crippen LogP contribution in [0.15, 0.2) is 36.7 Å². The highest BCUT2D eigenvalue weighted by atomic mass is 19.4. The van der Waals surface area contributed by atoms with Crippen LogP contribution in [-0.4, -0.2) is 69.1 Å². The first kappa shape index (κ1) is 23.0. The predicted octanol–water partition coefficient (Wildman–Crippen LogP) is 2.94. The number of rotatable bonds is 5. The maximum atomic E-state index is 13.2. The molecule has 3 heterocycles. The third-order valence-electron chi connectivity index (χ3n) is 6.96. The lowest BCUT2D eigenvalue weighted by molar-refractivity contribution is -0.153. The second kappa shape index (κ2) is 8.49. The zero-order valence-electron chi connectivity index (χ0n) is 18.8. The molecule has 1 aromatic carbocycles. The molecule has 0 bridgehead atoms. The molecule has 2 saturated heterocycles. The number of fused-ring (bicyclic) bond motifs is 1. The third-order valence-corrected chi connectivity index (χ3v) is 6.96. The van der Waals surface area contributed by atoms with E-state index in [9.17, 15) is 23.1 Å². The van der Waals surface area contributed by atoms with Gasteiger partial charge in [0.05, 0.1) is 23.7 Å². The van der Waals surface area contributed by atoms with Crippen LogP contribution >= 0.6 is 0 Å². The largest absolute Gasteiger partial charge is 0.472 e. The molecule has 7 nitrogen and oxygen atoms in total. The number of ether oxygens (including phenoxy) is 1. The molecule has 34 heavy (non-hydrogen) atoms. The van der Waals surface area contributed by atoms with Crippen molar-refractivity contribution in [2.75, 3.05) is 26.2 Å². The average molecular weight is 476 g/mol. The molecule has 3 fully saturated rings. The molecule has 2 aliphatic heterocycles. The first-order valence-electron chi connectivity index (χ1n) is 11.5. The minimum atomic E-state index is -4.55. The molecule has 2 aromatic rings. The molecule has 182 valence electrons. The van der Waals surface area contributed by atoms with E-state index in [4.69, 9.17) is 4.74 Å². The van der Waals surface area contributed by atoms with E-state index in [1.807, 2.05) is 0 Å². The van der Waals surface area contributed by atoms with Crippen molar-refractivity contribution >= 4 is 5.91 Å². The summed E-state index contributed by atoms with van der Waals surface area (Å²) in [6.07, 6.45) is 1.78. The summed E-state index contributed by atoms with van der Waals surface area (Å²) in [5.41, 5.74) is -2.03. The van der Waals surface area contributed by atoms with Crippen LogP contribution in [0, 0.1) is 0 Å². The zero-order valence-corrected chi connectivity index (χ0v) is 18.8. The lowest BCUT2D eigenvalue weighted by Gasteiger charge is -2.40. The smallest absolute Gasteiger partial charge is 0.416 e. The van der Waals surface area contributed by atoms with E-state index >= 15 is 0 Å². The number of alkyl halides is 3. The number of amides is 1. The molecule has 0 spiro atoms. The SMILES string of the molecule is CC(O)(C(=O)N1CCN2C[C@H](Oc3cnc(C4CC4)cn3)C[C@H]2C1)c1cccc(C(F)(F)F)c1. The first-order valence-corrected chi connectivity index (χ1v) is 11.5. The summed E-state index contributed by atoms with van der Waals surface area (Å²) in [5, 5.41) is 10.9. The third kappa shape index (κ3) is 4.61. The summed E-state index contributed by atoms with van der Waals surface area (Å²) in [6, 6.07) is 4.35. The Morgan fingerprint density at radius 3 is 2.56 bits per heavy atom. The van der Waals surface area contributed by atoms with Gasteiger partial charge in [0.2, 0.25) is 5.88 Å². The number of aromatic nitrogens is 2. The molecule has 3 atom stereocenters. The van der Waals surface area contributed by atoms with E-state index in [-0.39, 0.29) is 17.7 Å². The Balaban J connectivity index is 1.22. The number of hydrogen-bond acceptors (Lipinski definition) is 6. The molecule has 1 saturated carbocycles. The highest BCUT2D eigenvalue weighted by Gasteiger charge is 2.44. The van der Waals surface area contributed by atoms with Crippen molar-refractivity contribution in [3.63, 3.8) is 0 Å². The first-order chi connectivity index (χ1) is 16.1. The Labute approximate surface area is 195 Å². The lowest BCUT2D eigenvalue weighted by atomic mass is 9.92. The van der Waals surface area contributed by atoms with Gasteiger partial charge in [0.1, 0.15) is 6.10 Å². The second-order valence-electron chi connectivity index (χ2n) is 9.58. The van der Waals surface area contributed by atoms with Gasteiger partial charge in [0.25, 0.3) is 5.91 Å². The monoisotopic (exact) mass is 476 g/mol. The fourth-order valence-electron chi connectivity index (χ4n) is 4.84. The molecule has 1 unspecified atom stereocenters. The van der Waals surface area contributed by atoms with Gasteiger partial charge in [0.15, 0.2) is 5.60 Å². The molecular formula is C24H27F3N4O3. The van der Waals surface area contributed by atoms with Gasteiger partial charge < -0.3 is 14.7 Å². The Bertz CT molecular complexity index is 1060. The number of halogens is 3. The molecule has 10 heteroatoms. The molecule has 1 aromatic heterocycles. The highest BCUT2D eigenvalue weighted by molar-refractivity contribution is 5.86. The lowest BCUT2D eigenvalue weighted by Crippen LogP contribution is -2.56. The van der Waals surface area contributed by atoms with E-state index in [0.717, 1.165) is 30.7 Å². The van der Waals surface area contributed by atoms with E-state index in [2.05, 4.69) is 14.9 Å². The van der Waals surface area contributed by atoms with Crippen LogP contribution in [0.2, 0.25) is 0 Å². The van der Waals surface area contributed by atoms with Crippen molar-refractivity contribution < 1.29 is 27.8 Å². The van der Waals surface area contributed by atoms with E-state index in [1.54, 1.807) is 12.4 Å². The quantitative estimate of drug-likeness (QED) is 0.715. The fourth-order valence-corrected chi connectivity index (χ4v) is 4.84. The van der Waals surface area contributed by atoms with E-state index < -0.39 is 23.2 Å². The van der Waals surface area contributed by atoms with Crippen molar-refractivity contribution in [1.29, 1.82) is 0 Å². The molecular weight excluding hydrogens is 449 g/mol. The maximum absolute atomic E-state index is 13.2. The molecule has 5 rings (SSSR count). The normalized spacial score (nSPS) is 25.0. The standard InChI is InChI=1S/C24H27F3N4O3/c1-23(33,16-3-2-4-17(9-16)24(25,26)27)22(32)31-8-7-30-14-19(10-18(30)13-31)34-21-12-28-20(11-29-21)15-5-6-15/h2-4,9,11-12,15,18-19,33H,5-8,10,13-14H2,1H3/t18-,19+,23?/m0/s1. The topological polar surface area (TPSA) is 78.8 Å². The van der Waals surface area contributed by atoms with Gasteiger partial charge in [-0.2, -0.15) is 13.2 Å². The van der Waals surface area contributed by atoms with Gasteiger partial charge in [-0.15, -0.1) is 0 Å². The number of carbonyl (C=O) groups is 1. The van der Waals surface area contributed by atoms with Crippen LogP contribution in [0.3, 0.4) is 0 Å². The van der Waals surface area contributed by atoms with Crippen molar-refractivity contribution in [3.05, 3.63) is 53.5 Å². The van der Waals surface area contributed by atoms with Crippen LogP contribution in [0.25, 0.3) is 0 Å². The Morgan fingerprint density at radius 2 is 1.88 bits per heavy atom. The fraction of sp³-hybridized carbons (Fsp3) is 0.542. The van der Waals surface area contributed by atoms with Gasteiger partial charge in [0, 0.05) is 44.6 Å². The Kier molecular flexibility index (Phi) is 5.76. The summed E-state index contributed by atoms with van der Waals surface area (Å²) < 4.78 is 45.3. The van der Waals surface area contributed by atoms with Crippen molar-refractivity contribution in [3.8, 4) is 5.88 Å². The Morgan fingerprint density at radius 1 is 1.12 bits per heavy atom. The van der Waals surface area contributed by atoms with Crippen molar-refractivity contribution in [1.82, 2.24) is 19.8 Å². The summed E-state index contributed by atoms with van der Waals surface area (Å²) in [7, 11) is 0. The molecule has 1 aliphatic carbocycles. The number of hydrogen-bond donors (Lipinski definition) is 1. The number of aliphatic hydroxyl groups is 1. The number of nitrogens with zero attached hydrogens (tertiary/aromatic N) is 4. The van der Waals surface area contributed by atoms with E-state index in [1.165, 1.54) is 24.0 Å². The van der Waals surface area contributed by atoms with Gasteiger partial charge >= 0.3 is 6.18 Å². The van der Waals surface area contributed by atoms with Crippen LogP contribution in [0.5, 0.6) is 5.88 Å². The number of carbonyl (C=O) groups excluding carboxylic acids is 1. The van der Waals surface area contributed by atoms with Gasteiger partial charge in [-0.05, 0) is 37.5 Å². The summed E-state index contributed by atoms with van der Waals surface area (Å²) in [5.74, 6) is 0.408. The minimum Gasteiger partial charge on any atom is -0.472 e. The van der Waals surface area contributed by atoms with E-state index in [0.29, 0.717) is 44.4 Å². The maximum Gasteiger partial charge on any atom is 0.416 e. The van der Waals surface area contributed by atoms with Crippen molar-refractivity contribution in [2.45, 2.75) is 56.0 Å². The van der Waals surface area contributed by atoms with Gasteiger partial charge in [-0.25, -0.2) is 4.98 Å². The van der Waals surface area contributed by atoms with Gasteiger partial charge in [-0.1, -0.05) is 12.1 Å². The van der Waals surface area contributed by atoms with Gasteiger partial charge in [-0.3, -0.25) is 14.7 Å². The molecule has 3 aliphatic rings. The van der Waals surface area contributed by atoms with Crippen LogP contribution < -0.4 is 4.74 Å². The van der Waals surface area contributed by atoms with Crippen LogP contribution in [0.1, 0.15) is 48.9 Å². The number of benzene rings is 1. The zero-order chi connectivity index (χ0) is 24.1. The molecule has 1 N–H and O–H groups in total. The Hall–Kier alpha value is -2.72. The predicted molar refractivity (Wildman–Crippen MR) is 116 cm³/mol. The number of piperazine rings is 1. The molecule has 0 radical (unpaired) electrons. The summed E-state index contributed by atoms with van der Waals surface area (Å²) in [6.45, 7) is 3.30. The summed E-state index contributed by atoms with van der Waals surface area (Å²) >= 11 is 0. The minimum absolute atomic E-state index is 0.0405. The van der Waals surface area contributed by atoms with Crippen LogP contribution in [-0.2, 0) is 16.6 Å². The molecule has 1 amide bonds. The average Bonchev–Trinajstić information content (AvgIpc) is 3.58. The highest BCUT2D eigenvalue weighted by Crippen LogP contribution is 2.39. The second-order valence-corrected chi connectivity index (χ2v) is 9.58. The van der Waals surface area contributed by atoms with Crippen LogP contribution in [0.4, 0.5) is 13.2 Å².